The summed E-state index contributed by atoms with van der Waals surface area (Å²) in [5.74, 6) is -0.413. The van der Waals surface area contributed by atoms with Gasteiger partial charge in [-0.15, -0.1) is 0 Å². The number of rotatable bonds is 4. The molecule has 1 aromatic carbocycles. The number of fused-ring (bicyclic) bond motifs is 1. The predicted molar refractivity (Wildman–Crippen MR) is 88.8 cm³/mol. The van der Waals surface area contributed by atoms with Gasteiger partial charge in [0, 0.05) is 17.1 Å². The number of aliphatic hydroxyl groups is 1. The molecule has 1 aromatic rings. The Kier molecular flexibility index (Phi) is 4.20. The van der Waals surface area contributed by atoms with E-state index in [2.05, 4.69) is 6.58 Å². The van der Waals surface area contributed by atoms with Crippen LogP contribution in [-0.4, -0.2) is 11.5 Å². The van der Waals surface area contributed by atoms with Crippen LogP contribution in [0.1, 0.15) is 49.0 Å². The lowest BCUT2D eigenvalue weighted by Gasteiger charge is -2.22. The minimum absolute atomic E-state index is 0.0181. The Labute approximate surface area is 140 Å². The molecule has 24 heavy (non-hydrogen) atoms. The third-order valence-electron chi connectivity index (χ3n) is 5.15. The van der Waals surface area contributed by atoms with Crippen LogP contribution in [0.5, 0.6) is 0 Å². The fraction of sp³-hybridized carbons (Fsp3) is 0.400. The summed E-state index contributed by atoms with van der Waals surface area (Å²) in [5, 5.41) is 9.97. The molecule has 0 spiro atoms. The van der Waals surface area contributed by atoms with Crippen LogP contribution in [0.25, 0.3) is 0 Å². The van der Waals surface area contributed by atoms with Gasteiger partial charge in [-0.05, 0) is 42.9 Å². The number of hydrogen-bond donors (Lipinski definition) is 1. The zero-order valence-corrected chi connectivity index (χ0v) is 13.8. The second-order valence-electron chi connectivity index (χ2n) is 6.79. The molecule has 0 aliphatic heterocycles. The Morgan fingerprint density at radius 1 is 1.33 bits per heavy atom. The lowest BCUT2D eigenvalue weighted by Crippen LogP contribution is -2.16. The normalized spacial score (nSPS) is 30.0. The quantitative estimate of drug-likeness (QED) is 0.736. The summed E-state index contributed by atoms with van der Waals surface area (Å²) < 4.78 is 40.9. The van der Waals surface area contributed by atoms with E-state index in [1.807, 2.05) is 6.07 Å². The Hall–Kier alpha value is -1.81. The molecule has 0 saturated carbocycles. The van der Waals surface area contributed by atoms with E-state index in [0.29, 0.717) is 23.1 Å². The van der Waals surface area contributed by atoms with Gasteiger partial charge in [-0.3, -0.25) is 0 Å². The van der Waals surface area contributed by atoms with Gasteiger partial charge in [0.25, 0.3) is 6.43 Å². The molecule has 0 aromatic heterocycles. The molecular weight excluding hydrogens is 313 g/mol. The van der Waals surface area contributed by atoms with E-state index >= 15 is 4.39 Å². The second kappa shape index (κ2) is 5.92. The molecule has 1 N–H and O–H groups in total. The third-order valence-corrected chi connectivity index (χ3v) is 5.15. The fourth-order valence-corrected chi connectivity index (χ4v) is 3.87. The molecule has 3 unspecified atom stereocenters. The molecule has 0 saturated heterocycles. The zero-order chi connectivity index (χ0) is 17.6. The van der Waals surface area contributed by atoms with Gasteiger partial charge in [0.1, 0.15) is 0 Å². The van der Waals surface area contributed by atoms with Gasteiger partial charge in [0.15, 0.2) is 5.67 Å². The fourth-order valence-electron chi connectivity index (χ4n) is 3.87. The van der Waals surface area contributed by atoms with Crippen molar-refractivity contribution in [3.05, 3.63) is 70.8 Å². The third kappa shape index (κ3) is 2.63. The van der Waals surface area contributed by atoms with Crippen molar-refractivity contribution >= 4 is 0 Å². The van der Waals surface area contributed by atoms with E-state index in [-0.39, 0.29) is 17.4 Å². The van der Waals surface area contributed by atoms with Crippen LogP contribution in [0.3, 0.4) is 0 Å². The van der Waals surface area contributed by atoms with Gasteiger partial charge in [-0.25, -0.2) is 13.2 Å². The molecule has 0 bridgehead atoms. The smallest absolute Gasteiger partial charge is 0.263 e. The van der Waals surface area contributed by atoms with Crippen molar-refractivity contribution in [1.82, 2.24) is 0 Å². The van der Waals surface area contributed by atoms with E-state index in [4.69, 9.17) is 0 Å². The topological polar surface area (TPSA) is 20.2 Å². The molecule has 3 rings (SSSR count). The largest absolute Gasteiger partial charge is 0.389 e. The van der Waals surface area contributed by atoms with Crippen molar-refractivity contribution in [3.8, 4) is 0 Å². The van der Waals surface area contributed by atoms with Gasteiger partial charge < -0.3 is 5.11 Å². The molecular formula is C20H21F3O. The van der Waals surface area contributed by atoms with Crippen molar-refractivity contribution in [3.63, 3.8) is 0 Å². The average Bonchev–Trinajstić information content (AvgIpc) is 3.06. The monoisotopic (exact) mass is 334 g/mol. The molecule has 128 valence electrons. The zero-order valence-electron chi connectivity index (χ0n) is 13.8. The Morgan fingerprint density at radius 2 is 2.04 bits per heavy atom. The highest BCUT2D eigenvalue weighted by molar-refractivity contribution is 5.56. The highest BCUT2D eigenvalue weighted by Gasteiger charge is 2.46. The first kappa shape index (κ1) is 17.0. The van der Waals surface area contributed by atoms with Gasteiger partial charge >= 0.3 is 0 Å². The molecule has 0 amide bonds. The molecule has 1 nitrogen and oxygen atoms in total. The van der Waals surface area contributed by atoms with Crippen LogP contribution in [0.15, 0.2) is 54.2 Å². The van der Waals surface area contributed by atoms with Crippen molar-refractivity contribution in [2.24, 2.45) is 5.92 Å². The molecule has 4 atom stereocenters. The van der Waals surface area contributed by atoms with Crippen LogP contribution in [0.2, 0.25) is 0 Å². The Morgan fingerprint density at radius 3 is 2.62 bits per heavy atom. The van der Waals surface area contributed by atoms with E-state index in [1.165, 1.54) is 13.0 Å². The van der Waals surface area contributed by atoms with Gasteiger partial charge in [-0.1, -0.05) is 43.0 Å². The van der Waals surface area contributed by atoms with Gasteiger partial charge in [0.05, 0.1) is 6.10 Å². The first-order chi connectivity index (χ1) is 11.2. The summed E-state index contributed by atoms with van der Waals surface area (Å²) >= 11 is 0. The Bertz CT molecular complexity index is 728. The highest BCUT2D eigenvalue weighted by atomic mass is 19.3. The lowest BCUT2D eigenvalue weighted by atomic mass is 9.87. The van der Waals surface area contributed by atoms with Crippen LogP contribution in [0, 0.1) is 5.92 Å². The van der Waals surface area contributed by atoms with E-state index in [1.54, 1.807) is 31.2 Å². The van der Waals surface area contributed by atoms with E-state index in [9.17, 15) is 13.9 Å². The number of allylic oxidation sites excluding steroid dienone is 5. The maximum atomic E-state index is 15.4. The summed E-state index contributed by atoms with van der Waals surface area (Å²) in [7, 11) is 0. The first-order valence-electron chi connectivity index (χ1n) is 8.11. The summed E-state index contributed by atoms with van der Waals surface area (Å²) in [6, 6.07) is 5.37. The van der Waals surface area contributed by atoms with Crippen LogP contribution < -0.4 is 0 Å². The number of hydrogen-bond acceptors (Lipinski definition) is 1. The summed E-state index contributed by atoms with van der Waals surface area (Å²) in [4.78, 5) is 0. The van der Waals surface area contributed by atoms with Crippen molar-refractivity contribution in [2.75, 3.05) is 0 Å². The van der Waals surface area contributed by atoms with Crippen molar-refractivity contribution < 1.29 is 18.3 Å². The SMILES string of the molecule is C=C1C(CC2C=CC(C(F)F)=C2)c2cccc(C(C)O)c2[C@]1(C)F. The lowest BCUT2D eigenvalue weighted by molar-refractivity contribution is 0.187. The molecule has 0 fully saturated rings. The number of benzene rings is 1. The summed E-state index contributed by atoms with van der Waals surface area (Å²) in [6.45, 7) is 7.02. The molecule has 2 aliphatic rings. The highest BCUT2D eigenvalue weighted by Crippen LogP contribution is 2.54. The maximum absolute atomic E-state index is 15.4. The predicted octanol–water partition coefficient (Wildman–Crippen LogP) is 5.35. The second-order valence-corrected chi connectivity index (χ2v) is 6.79. The molecule has 0 radical (unpaired) electrons. The van der Waals surface area contributed by atoms with Crippen molar-refractivity contribution in [1.29, 1.82) is 0 Å². The summed E-state index contributed by atoms with van der Waals surface area (Å²) in [5.41, 5.74) is 0.561. The maximum Gasteiger partial charge on any atom is 0.263 e. The van der Waals surface area contributed by atoms with Crippen molar-refractivity contribution in [2.45, 2.75) is 44.4 Å². The molecule has 2 aliphatic carbocycles. The summed E-state index contributed by atoms with van der Waals surface area (Å²) in [6.07, 6.45) is 1.96. The van der Waals surface area contributed by atoms with E-state index < -0.39 is 18.2 Å². The number of alkyl halides is 3. The van der Waals surface area contributed by atoms with E-state index in [0.717, 1.165) is 5.56 Å². The van der Waals surface area contributed by atoms with Gasteiger partial charge in [0.2, 0.25) is 0 Å². The molecule has 0 heterocycles. The minimum atomic E-state index is -2.49. The number of aliphatic hydroxyl groups excluding tert-OH is 1. The van der Waals surface area contributed by atoms with Gasteiger partial charge in [-0.2, -0.15) is 0 Å². The van der Waals surface area contributed by atoms with Crippen LogP contribution >= 0.6 is 0 Å². The average molecular weight is 334 g/mol. The van der Waals surface area contributed by atoms with Crippen LogP contribution in [0.4, 0.5) is 13.2 Å². The molecule has 4 heteroatoms. The minimum Gasteiger partial charge on any atom is -0.389 e. The standard InChI is InChI=1S/C20H21F3O/c1-11-17(10-13-7-8-14(9-13)19(21)22)16-6-4-5-15(12(2)24)18(16)20(11,3)23/h4-9,12-13,17,19,24H,1,10H2,2-3H3/t12?,13?,17?,20-/m1/s1. The Balaban J connectivity index is 1.97. The van der Waals surface area contributed by atoms with Crippen LogP contribution in [-0.2, 0) is 5.67 Å². The first-order valence-corrected chi connectivity index (χ1v) is 8.11. The number of halogens is 3.